The molecule has 37 heavy (non-hydrogen) atoms. The second-order valence-electron chi connectivity index (χ2n) is 9.57. The number of hydrogen-bond donors (Lipinski definition) is 2. The minimum Gasteiger partial charge on any atom is -0.367 e. The summed E-state index contributed by atoms with van der Waals surface area (Å²) in [5.74, 6) is 0. The average molecular weight is 502 g/mol. The van der Waals surface area contributed by atoms with Gasteiger partial charge in [0.25, 0.3) is 0 Å². The van der Waals surface area contributed by atoms with E-state index in [4.69, 9.17) is 11.6 Å². The van der Waals surface area contributed by atoms with Gasteiger partial charge in [-0.1, -0.05) is 41.9 Å². The van der Waals surface area contributed by atoms with Crippen molar-refractivity contribution in [1.29, 1.82) is 0 Å². The molecule has 0 bridgehead atoms. The summed E-state index contributed by atoms with van der Waals surface area (Å²) >= 11 is 5.96. The number of benzene rings is 4. The maximum atomic E-state index is 5.96. The molecular formula is C31H24ClN5. The second kappa shape index (κ2) is 8.64. The van der Waals surface area contributed by atoms with Crippen molar-refractivity contribution in [3.63, 3.8) is 0 Å². The van der Waals surface area contributed by atoms with E-state index in [1.54, 1.807) is 0 Å². The van der Waals surface area contributed by atoms with Crippen LogP contribution in [-0.4, -0.2) is 17.0 Å². The van der Waals surface area contributed by atoms with Crippen LogP contribution in [-0.2, 0) is 6.42 Å². The summed E-state index contributed by atoms with van der Waals surface area (Å²) in [4.78, 5) is 9.20. The van der Waals surface area contributed by atoms with Crippen LogP contribution in [0.5, 0.6) is 0 Å². The molecule has 1 aliphatic rings. The molecule has 3 heterocycles. The van der Waals surface area contributed by atoms with Crippen molar-refractivity contribution < 1.29 is 0 Å². The lowest BCUT2D eigenvalue weighted by Crippen LogP contribution is -2.19. The molecule has 2 aromatic heterocycles. The highest BCUT2D eigenvalue weighted by Crippen LogP contribution is 2.43. The number of halogens is 1. The molecule has 4 aromatic carbocycles. The minimum atomic E-state index is 0.320. The van der Waals surface area contributed by atoms with E-state index in [1.807, 2.05) is 30.5 Å². The Morgan fingerprint density at radius 3 is 2.46 bits per heavy atom. The quantitative estimate of drug-likeness (QED) is 0.232. The van der Waals surface area contributed by atoms with Gasteiger partial charge in [0.1, 0.15) is 5.69 Å². The fourth-order valence-electron chi connectivity index (χ4n) is 5.47. The standard InChI is InChI=1S/C31H24ClN5/c1-37-30-13-7-19(14-21(30)16-31(37)26-17-33-27-5-3-2-4-24(26)27)20-6-12-25-28(15-20)34-18-29(25)36-35-23-10-8-22(32)9-11-23/h2-15,17-18,31,33-34H,16H2,1H3/t31-/m1/s1. The summed E-state index contributed by atoms with van der Waals surface area (Å²) < 4.78 is 0. The smallest absolute Gasteiger partial charge is 0.111 e. The van der Waals surface area contributed by atoms with Crippen LogP contribution in [0.4, 0.5) is 17.1 Å². The number of H-pyrrole nitrogens is 2. The number of rotatable bonds is 4. The topological polar surface area (TPSA) is 59.5 Å². The van der Waals surface area contributed by atoms with Crippen LogP contribution in [0.25, 0.3) is 32.9 Å². The van der Waals surface area contributed by atoms with Gasteiger partial charge in [-0.2, -0.15) is 5.11 Å². The molecule has 0 saturated heterocycles. The Morgan fingerprint density at radius 1 is 0.784 bits per heavy atom. The van der Waals surface area contributed by atoms with Crippen LogP contribution in [0.15, 0.2) is 108 Å². The summed E-state index contributed by atoms with van der Waals surface area (Å²) in [6, 6.07) is 29.5. The van der Waals surface area contributed by atoms with Gasteiger partial charge in [0.15, 0.2) is 0 Å². The predicted octanol–water partition coefficient (Wildman–Crippen LogP) is 9.12. The van der Waals surface area contributed by atoms with Gasteiger partial charge < -0.3 is 14.9 Å². The third kappa shape index (κ3) is 3.79. The van der Waals surface area contributed by atoms with E-state index in [-0.39, 0.29) is 0 Å². The van der Waals surface area contributed by atoms with E-state index in [1.165, 1.54) is 38.8 Å². The van der Waals surface area contributed by atoms with Crippen LogP contribution < -0.4 is 4.90 Å². The Kier molecular flexibility index (Phi) is 5.11. The van der Waals surface area contributed by atoms with Gasteiger partial charge in [0, 0.05) is 57.5 Å². The molecule has 6 aromatic rings. The lowest BCUT2D eigenvalue weighted by atomic mass is 9.98. The molecule has 0 amide bonds. The monoisotopic (exact) mass is 501 g/mol. The number of azo groups is 1. The summed E-state index contributed by atoms with van der Waals surface area (Å²) in [6.45, 7) is 0. The number of para-hydroxylation sites is 1. The molecule has 0 aliphatic carbocycles. The van der Waals surface area contributed by atoms with Crippen LogP contribution in [0.2, 0.25) is 5.02 Å². The van der Waals surface area contributed by atoms with Crippen molar-refractivity contribution in [1.82, 2.24) is 9.97 Å². The average Bonchev–Trinajstić information content (AvgIpc) is 3.63. The Balaban J connectivity index is 1.17. The lowest BCUT2D eigenvalue weighted by Gasteiger charge is -2.22. The molecule has 1 aliphatic heterocycles. The highest BCUT2D eigenvalue weighted by atomic mass is 35.5. The fourth-order valence-corrected chi connectivity index (χ4v) is 5.59. The van der Waals surface area contributed by atoms with E-state index in [2.05, 4.69) is 99.0 Å². The predicted molar refractivity (Wildman–Crippen MR) is 153 cm³/mol. The number of aromatic amines is 2. The van der Waals surface area contributed by atoms with Crippen molar-refractivity contribution in [3.8, 4) is 11.1 Å². The zero-order chi connectivity index (χ0) is 24.9. The summed E-state index contributed by atoms with van der Waals surface area (Å²) in [5, 5.41) is 11.8. The van der Waals surface area contributed by atoms with E-state index >= 15 is 0 Å². The van der Waals surface area contributed by atoms with Gasteiger partial charge in [-0.05, 0) is 77.7 Å². The molecule has 180 valence electrons. The molecule has 1 atom stereocenters. The fraction of sp³-hybridized carbons (Fsp3) is 0.0968. The van der Waals surface area contributed by atoms with Gasteiger partial charge in [0.05, 0.1) is 11.7 Å². The molecule has 0 spiro atoms. The van der Waals surface area contributed by atoms with Crippen LogP contribution in [0.1, 0.15) is 17.2 Å². The van der Waals surface area contributed by atoms with E-state index in [0.29, 0.717) is 11.1 Å². The Labute approximate surface area is 219 Å². The summed E-state index contributed by atoms with van der Waals surface area (Å²) in [7, 11) is 2.20. The van der Waals surface area contributed by atoms with Gasteiger partial charge in [-0.25, -0.2) is 0 Å². The molecule has 0 radical (unpaired) electrons. The number of anilines is 1. The van der Waals surface area contributed by atoms with Gasteiger partial charge >= 0.3 is 0 Å². The third-order valence-corrected chi connectivity index (χ3v) is 7.67. The largest absolute Gasteiger partial charge is 0.367 e. The van der Waals surface area contributed by atoms with Crippen LogP contribution in [0.3, 0.4) is 0 Å². The second-order valence-corrected chi connectivity index (χ2v) is 10.0. The Morgan fingerprint density at radius 2 is 1.57 bits per heavy atom. The van der Waals surface area contributed by atoms with Crippen molar-refractivity contribution in [2.24, 2.45) is 10.2 Å². The maximum absolute atomic E-state index is 5.96. The molecule has 5 nitrogen and oxygen atoms in total. The van der Waals surface area contributed by atoms with E-state index in [0.717, 1.165) is 28.7 Å². The van der Waals surface area contributed by atoms with Gasteiger partial charge in [-0.3, -0.25) is 0 Å². The van der Waals surface area contributed by atoms with Crippen molar-refractivity contribution in [2.75, 3.05) is 11.9 Å². The summed E-state index contributed by atoms with van der Waals surface area (Å²) in [5.41, 5.74) is 10.2. The highest BCUT2D eigenvalue weighted by Gasteiger charge is 2.29. The number of hydrogen-bond acceptors (Lipinski definition) is 3. The third-order valence-electron chi connectivity index (χ3n) is 7.41. The first-order chi connectivity index (χ1) is 18.1. The molecule has 6 heteroatoms. The first-order valence-corrected chi connectivity index (χ1v) is 12.7. The molecular weight excluding hydrogens is 478 g/mol. The number of fused-ring (bicyclic) bond motifs is 3. The molecule has 0 unspecified atom stereocenters. The Hall–Kier alpha value is -4.35. The number of nitrogens with one attached hydrogen (secondary N) is 2. The van der Waals surface area contributed by atoms with Crippen molar-refractivity contribution in [2.45, 2.75) is 12.5 Å². The molecule has 2 N–H and O–H groups in total. The van der Waals surface area contributed by atoms with Crippen LogP contribution >= 0.6 is 11.6 Å². The number of likely N-dealkylation sites (N-methyl/N-ethyl adjacent to an activating group) is 1. The molecule has 0 fully saturated rings. The van der Waals surface area contributed by atoms with Crippen LogP contribution in [0, 0.1) is 0 Å². The van der Waals surface area contributed by atoms with Crippen molar-refractivity contribution >= 4 is 50.5 Å². The van der Waals surface area contributed by atoms with Gasteiger partial charge in [0.2, 0.25) is 0 Å². The SMILES string of the molecule is CN1c2ccc(-c3ccc4c(N=Nc5ccc(Cl)cc5)c[nH]c4c3)cc2C[C@@H]1c1c[nH]c2ccccc12. The number of nitrogens with zero attached hydrogens (tertiary/aromatic N) is 3. The normalized spacial score (nSPS) is 15.3. The molecule has 7 rings (SSSR count). The minimum absolute atomic E-state index is 0.320. The first kappa shape index (κ1) is 21.9. The zero-order valence-electron chi connectivity index (χ0n) is 20.2. The highest BCUT2D eigenvalue weighted by molar-refractivity contribution is 6.30. The number of aromatic nitrogens is 2. The van der Waals surface area contributed by atoms with Gasteiger partial charge in [-0.15, -0.1) is 5.11 Å². The van der Waals surface area contributed by atoms with E-state index in [9.17, 15) is 0 Å². The van der Waals surface area contributed by atoms with E-state index < -0.39 is 0 Å². The summed E-state index contributed by atoms with van der Waals surface area (Å²) in [6.07, 6.45) is 5.05. The Bertz CT molecular complexity index is 1790. The lowest BCUT2D eigenvalue weighted by molar-refractivity contribution is 0.722. The van der Waals surface area contributed by atoms with Crippen molar-refractivity contribution in [3.05, 3.63) is 113 Å². The first-order valence-electron chi connectivity index (χ1n) is 12.3. The zero-order valence-corrected chi connectivity index (χ0v) is 21.0. The maximum Gasteiger partial charge on any atom is 0.111 e. The molecule has 0 saturated carbocycles.